The first-order valence-corrected chi connectivity index (χ1v) is 13.1. The Morgan fingerprint density at radius 2 is 1.95 bits per heavy atom. The third kappa shape index (κ3) is 5.95. The van der Waals surface area contributed by atoms with Gasteiger partial charge in [-0.15, -0.1) is 0 Å². The summed E-state index contributed by atoms with van der Waals surface area (Å²) in [6, 6.07) is 5.13. The second kappa shape index (κ2) is 12.1. The van der Waals surface area contributed by atoms with Gasteiger partial charge in [-0.05, 0) is 39.2 Å². The monoisotopic (exact) mass is 569 g/mol. The molecule has 13 nitrogen and oxygen atoms in total. The molecule has 2 N–H and O–H groups in total. The third-order valence-corrected chi connectivity index (χ3v) is 6.76. The van der Waals surface area contributed by atoms with Crippen LogP contribution in [0.25, 0.3) is 22.6 Å². The van der Waals surface area contributed by atoms with Gasteiger partial charge >= 0.3 is 0 Å². The van der Waals surface area contributed by atoms with Crippen molar-refractivity contribution in [2.45, 2.75) is 19.1 Å². The molecule has 4 aromatic rings. The second-order valence-corrected chi connectivity index (χ2v) is 9.90. The number of morpholine rings is 1. The van der Waals surface area contributed by atoms with Gasteiger partial charge in [-0.25, -0.2) is 33.7 Å². The lowest BCUT2D eigenvalue weighted by molar-refractivity contribution is -0.0142. The number of nitrogens with zero attached hydrogens (tertiary/aromatic N) is 10. The number of methoxy groups -OCH3 is 1. The van der Waals surface area contributed by atoms with Crippen molar-refractivity contribution in [3.05, 3.63) is 36.5 Å². The van der Waals surface area contributed by atoms with E-state index in [9.17, 15) is 8.78 Å². The lowest BCUT2D eigenvalue weighted by atomic mass is 10.3. The van der Waals surface area contributed by atoms with Crippen LogP contribution < -0.4 is 20.3 Å². The van der Waals surface area contributed by atoms with Crippen LogP contribution in [0.2, 0.25) is 0 Å². The molecule has 218 valence electrons. The van der Waals surface area contributed by atoms with E-state index in [1.165, 1.54) is 18.0 Å². The largest absolute Gasteiger partial charge is 0.494 e. The molecule has 1 aliphatic heterocycles. The van der Waals surface area contributed by atoms with E-state index in [0.717, 1.165) is 19.5 Å². The maximum absolute atomic E-state index is 14.1. The Kier molecular flexibility index (Phi) is 8.35. The molecule has 0 spiro atoms. The van der Waals surface area contributed by atoms with Crippen molar-refractivity contribution in [3.63, 3.8) is 0 Å². The first-order chi connectivity index (χ1) is 19.8. The number of hydrogen-bond acceptors (Lipinski definition) is 12. The van der Waals surface area contributed by atoms with Crippen LogP contribution in [0.3, 0.4) is 0 Å². The van der Waals surface area contributed by atoms with Crippen LogP contribution in [-0.2, 0) is 4.74 Å². The number of benzene rings is 1. The first-order valence-electron chi connectivity index (χ1n) is 13.1. The Labute approximate surface area is 236 Å². The Hall–Kier alpha value is -4.24. The van der Waals surface area contributed by atoms with Gasteiger partial charge in [-0.1, -0.05) is 6.07 Å². The number of nitrogen functional groups attached to an aromatic ring is 1. The average molecular weight is 570 g/mol. The predicted octanol–water partition coefficient (Wildman–Crippen LogP) is 2.63. The molecule has 0 amide bonds. The summed E-state index contributed by atoms with van der Waals surface area (Å²) in [6.45, 7) is 2.60. The summed E-state index contributed by atoms with van der Waals surface area (Å²) < 4.78 is 40.9. The second-order valence-electron chi connectivity index (χ2n) is 9.90. The number of anilines is 3. The molecular weight excluding hydrogens is 536 g/mol. The van der Waals surface area contributed by atoms with Crippen molar-refractivity contribution in [2.24, 2.45) is 0 Å². The topological polar surface area (TPSA) is 136 Å². The molecule has 3 aromatic heterocycles. The summed E-state index contributed by atoms with van der Waals surface area (Å²) >= 11 is 0. The van der Waals surface area contributed by atoms with Gasteiger partial charge in [0.1, 0.15) is 23.3 Å². The summed E-state index contributed by atoms with van der Waals surface area (Å²) in [5.74, 6) is 1.14. The first kappa shape index (κ1) is 28.3. The van der Waals surface area contributed by atoms with Crippen molar-refractivity contribution >= 4 is 28.6 Å². The van der Waals surface area contributed by atoms with E-state index in [1.807, 2.05) is 30.9 Å². The zero-order valence-electron chi connectivity index (χ0n) is 23.4. The van der Waals surface area contributed by atoms with E-state index >= 15 is 0 Å². The van der Waals surface area contributed by atoms with Gasteiger partial charge in [0, 0.05) is 20.1 Å². The van der Waals surface area contributed by atoms with Crippen molar-refractivity contribution in [1.82, 2.24) is 39.4 Å². The SMILES string of the molecule is COc1cccc2c1nc(C(F)F)n2C1CN(c2ncnc(-c3nc(N(C)CCCN(C)C)ncc3N)n2)CCO1. The number of alkyl halides is 2. The summed E-state index contributed by atoms with van der Waals surface area (Å²) in [5, 5.41) is 0. The third-order valence-electron chi connectivity index (χ3n) is 6.76. The lowest BCUT2D eigenvalue weighted by Crippen LogP contribution is -2.42. The zero-order valence-corrected chi connectivity index (χ0v) is 23.4. The van der Waals surface area contributed by atoms with Gasteiger partial charge in [-0.2, -0.15) is 4.98 Å². The molecule has 0 radical (unpaired) electrons. The normalized spacial score (nSPS) is 15.7. The van der Waals surface area contributed by atoms with E-state index in [1.54, 1.807) is 24.4 Å². The number of imidazole rings is 1. The van der Waals surface area contributed by atoms with Gasteiger partial charge in [0.05, 0.1) is 37.7 Å². The highest BCUT2D eigenvalue weighted by Gasteiger charge is 2.31. The van der Waals surface area contributed by atoms with Crippen LogP contribution in [0.5, 0.6) is 5.75 Å². The molecule has 0 saturated carbocycles. The molecule has 1 saturated heterocycles. The van der Waals surface area contributed by atoms with E-state index in [-0.39, 0.29) is 19.0 Å². The van der Waals surface area contributed by atoms with Gasteiger partial charge in [0.15, 0.2) is 17.9 Å². The fraction of sp³-hybridized carbons (Fsp3) is 0.462. The summed E-state index contributed by atoms with van der Waals surface area (Å²) in [7, 11) is 7.45. The smallest absolute Gasteiger partial charge is 0.295 e. The Bertz CT molecular complexity index is 1500. The number of fused-ring (bicyclic) bond motifs is 1. The maximum atomic E-state index is 14.1. The average Bonchev–Trinajstić information content (AvgIpc) is 3.38. The minimum absolute atomic E-state index is 0.199. The minimum atomic E-state index is -2.81. The number of rotatable bonds is 10. The van der Waals surface area contributed by atoms with Crippen LogP contribution in [0.1, 0.15) is 24.9 Å². The Morgan fingerprint density at radius 1 is 1.12 bits per heavy atom. The Morgan fingerprint density at radius 3 is 2.71 bits per heavy atom. The predicted molar refractivity (Wildman–Crippen MR) is 150 cm³/mol. The van der Waals surface area contributed by atoms with E-state index in [4.69, 9.17) is 15.2 Å². The fourth-order valence-corrected chi connectivity index (χ4v) is 4.72. The molecule has 0 bridgehead atoms. The summed E-state index contributed by atoms with van der Waals surface area (Å²) in [4.78, 5) is 32.4. The standard InChI is InChI=1S/C26H33F2N11O2/c1-36(2)9-6-10-37(3)25-30-13-16(29)20(34-25)23-31-15-32-26(35-23)38-11-12-41-19(14-38)39-17-7-5-8-18(40-4)21(17)33-24(39)22(27)28/h5,7-8,13,15,19,22H,6,9-12,14,29H2,1-4H3. The number of aromatic nitrogens is 7. The number of halogens is 2. The molecule has 15 heteroatoms. The molecule has 1 atom stereocenters. The quantitative estimate of drug-likeness (QED) is 0.301. The Balaban J connectivity index is 1.41. The molecule has 41 heavy (non-hydrogen) atoms. The number of ether oxygens (including phenoxy) is 2. The van der Waals surface area contributed by atoms with Crippen molar-refractivity contribution in [1.29, 1.82) is 0 Å². The van der Waals surface area contributed by atoms with Crippen LogP contribution >= 0.6 is 0 Å². The molecule has 1 aliphatic rings. The van der Waals surface area contributed by atoms with Crippen molar-refractivity contribution < 1.29 is 18.3 Å². The van der Waals surface area contributed by atoms with Gasteiger partial charge < -0.3 is 29.9 Å². The lowest BCUT2D eigenvalue weighted by Gasteiger charge is -2.34. The molecule has 4 heterocycles. The fourth-order valence-electron chi connectivity index (χ4n) is 4.72. The van der Waals surface area contributed by atoms with E-state index in [0.29, 0.717) is 46.6 Å². The van der Waals surface area contributed by atoms with Crippen LogP contribution in [-0.4, -0.2) is 100 Å². The van der Waals surface area contributed by atoms with Gasteiger partial charge in [0.25, 0.3) is 6.43 Å². The number of hydrogen-bond donors (Lipinski definition) is 1. The van der Waals surface area contributed by atoms with Crippen LogP contribution in [0, 0.1) is 0 Å². The van der Waals surface area contributed by atoms with Crippen LogP contribution in [0.15, 0.2) is 30.7 Å². The molecule has 1 aromatic carbocycles. The van der Waals surface area contributed by atoms with E-state index in [2.05, 4.69) is 34.8 Å². The summed E-state index contributed by atoms with van der Waals surface area (Å²) in [5.41, 5.74) is 7.76. The highest BCUT2D eigenvalue weighted by atomic mass is 19.3. The molecule has 1 fully saturated rings. The highest BCUT2D eigenvalue weighted by Crippen LogP contribution is 2.34. The molecular formula is C26H33F2N11O2. The van der Waals surface area contributed by atoms with Crippen LogP contribution in [0.4, 0.5) is 26.4 Å². The minimum Gasteiger partial charge on any atom is -0.494 e. The highest BCUT2D eigenvalue weighted by molar-refractivity contribution is 5.82. The van der Waals surface area contributed by atoms with Crippen molar-refractivity contribution in [2.75, 3.05) is 76.6 Å². The number of para-hydroxylation sites is 1. The zero-order chi connectivity index (χ0) is 29.1. The van der Waals surface area contributed by atoms with E-state index < -0.39 is 18.5 Å². The van der Waals surface area contributed by atoms with Crippen molar-refractivity contribution in [3.8, 4) is 17.3 Å². The summed E-state index contributed by atoms with van der Waals surface area (Å²) in [6.07, 6.45) is 0.278. The van der Waals surface area contributed by atoms with Gasteiger partial charge in [-0.3, -0.25) is 4.57 Å². The molecule has 0 aliphatic carbocycles. The molecule has 1 unspecified atom stereocenters. The number of nitrogens with two attached hydrogens (primary N) is 1. The maximum Gasteiger partial charge on any atom is 0.295 e. The van der Waals surface area contributed by atoms with Gasteiger partial charge in [0.2, 0.25) is 11.9 Å². The molecule has 5 rings (SSSR count).